The topological polar surface area (TPSA) is 30.5 Å². The van der Waals surface area contributed by atoms with E-state index >= 15 is 0 Å². The highest BCUT2D eigenvalue weighted by Gasteiger charge is 2.07. The van der Waals surface area contributed by atoms with E-state index in [1.807, 2.05) is 12.1 Å². The first kappa shape index (κ1) is 16.4. The molecule has 2 aromatic rings. The maximum Gasteiger partial charge on any atom is 0.127 e. The van der Waals surface area contributed by atoms with Crippen LogP contribution in [0.1, 0.15) is 24.5 Å². The highest BCUT2D eigenvalue weighted by Crippen LogP contribution is 2.24. The van der Waals surface area contributed by atoms with E-state index in [9.17, 15) is 0 Å². The Balaban J connectivity index is 1.84. The predicted octanol–water partition coefficient (Wildman–Crippen LogP) is 3.81. The average Bonchev–Trinajstić information content (AvgIpc) is 2.58. The van der Waals surface area contributed by atoms with Crippen LogP contribution in [-0.4, -0.2) is 20.3 Å². The number of rotatable bonds is 8. The Morgan fingerprint density at radius 1 is 1.00 bits per heavy atom. The normalized spacial score (nSPS) is 12.0. The number of methoxy groups -OCH3 is 2. The molecule has 1 atom stereocenters. The highest BCUT2D eigenvalue weighted by atomic mass is 16.5. The number of hydrogen-bond donors (Lipinski definition) is 1. The highest BCUT2D eigenvalue weighted by molar-refractivity contribution is 5.40. The fraction of sp³-hybridized carbons (Fsp3) is 0.368. The van der Waals surface area contributed by atoms with E-state index < -0.39 is 0 Å². The maximum atomic E-state index is 5.43. The number of hydrogen-bond acceptors (Lipinski definition) is 3. The van der Waals surface area contributed by atoms with E-state index in [1.165, 1.54) is 5.56 Å². The molecular formula is C19H25NO2. The van der Waals surface area contributed by atoms with Gasteiger partial charge in [-0.25, -0.2) is 0 Å². The largest absolute Gasteiger partial charge is 0.497 e. The van der Waals surface area contributed by atoms with Gasteiger partial charge >= 0.3 is 0 Å². The molecule has 0 unspecified atom stereocenters. The molecule has 0 amide bonds. The van der Waals surface area contributed by atoms with Crippen molar-refractivity contribution in [2.45, 2.75) is 32.4 Å². The van der Waals surface area contributed by atoms with Crippen LogP contribution >= 0.6 is 0 Å². The Hall–Kier alpha value is -2.00. The Morgan fingerprint density at radius 2 is 1.77 bits per heavy atom. The smallest absolute Gasteiger partial charge is 0.127 e. The fourth-order valence-corrected chi connectivity index (χ4v) is 2.41. The van der Waals surface area contributed by atoms with Crippen molar-refractivity contribution < 1.29 is 9.47 Å². The van der Waals surface area contributed by atoms with Crippen molar-refractivity contribution in [1.29, 1.82) is 0 Å². The minimum absolute atomic E-state index is 0.451. The molecule has 0 aliphatic carbocycles. The van der Waals surface area contributed by atoms with Crippen LogP contribution in [0, 0.1) is 0 Å². The summed E-state index contributed by atoms with van der Waals surface area (Å²) in [5.41, 5.74) is 2.54. The van der Waals surface area contributed by atoms with Gasteiger partial charge in [0, 0.05) is 24.2 Å². The minimum atomic E-state index is 0.451. The first-order valence-corrected chi connectivity index (χ1v) is 7.71. The van der Waals surface area contributed by atoms with Gasteiger partial charge in [0.25, 0.3) is 0 Å². The van der Waals surface area contributed by atoms with Crippen molar-refractivity contribution in [3.8, 4) is 11.5 Å². The molecule has 0 saturated carbocycles. The molecule has 2 aromatic carbocycles. The summed E-state index contributed by atoms with van der Waals surface area (Å²) in [5, 5.41) is 3.56. The van der Waals surface area contributed by atoms with Gasteiger partial charge in [0.05, 0.1) is 14.2 Å². The summed E-state index contributed by atoms with van der Waals surface area (Å²) < 4.78 is 10.7. The Kier molecular flexibility index (Phi) is 6.28. The summed E-state index contributed by atoms with van der Waals surface area (Å²) in [6.45, 7) is 3.02. The monoisotopic (exact) mass is 299 g/mol. The summed E-state index contributed by atoms with van der Waals surface area (Å²) >= 11 is 0. The second-order valence-electron chi connectivity index (χ2n) is 5.48. The van der Waals surface area contributed by atoms with E-state index in [2.05, 4.69) is 48.6 Å². The van der Waals surface area contributed by atoms with Crippen LogP contribution in [0.4, 0.5) is 0 Å². The molecular weight excluding hydrogens is 274 g/mol. The molecule has 3 heteroatoms. The number of aryl methyl sites for hydroxylation is 1. The SMILES string of the molecule is COc1ccc(CN[C@H](C)CCc2ccccc2)c(OC)c1. The predicted molar refractivity (Wildman–Crippen MR) is 90.6 cm³/mol. The molecule has 22 heavy (non-hydrogen) atoms. The summed E-state index contributed by atoms with van der Waals surface area (Å²) in [6.07, 6.45) is 2.21. The molecule has 1 N–H and O–H groups in total. The maximum absolute atomic E-state index is 5.43. The van der Waals surface area contributed by atoms with Gasteiger partial charge in [-0.1, -0.05) is 36.4 Å². The molecule has 0 aromatic heterocycles. The van der Waals surface area contributed by atoms with Crippen LogP contribution in [0.3, 0.4) is 0 Å². The van der Waals surface area contributed by atoms with E-state index in [0.717, 1.165) is 36.4 Å². The zero-order valence-electron chi connectivity index (χ0n) is 13.6. The van der Waals surface area contributed by atoms with E-state index in [1.54, 1.807) is 14.2 Å². The average molecular weight is 299 g/mol. The molecule has 0 spiro atoms. The van der Waals surface area contributed by atoms with Gasteiger partial charge in [-0.15, -0.1) is 0 Å². The van der Waals surface area contributed by atoms with Crippen molar-refractivity contribution in [2.75, 3.05) is 14.2 Å². The van der Waals surface area contributed by atoms with Gasteiger partial charge in [0.2, 0.25) is 0 Å². The van der Waals surface area contributed by atoms with Gasteiger partial charge in [0.15, 0.2) is 0 Å². The fourth-order valence-electron chi connectivity index (χ4n) is 2.41. The third-order valence-electron chi connectivity index (χ3n) is 3.84. The summed E-state index contributed by atoms with van der Waals surface area (Å²) in [7, 11) is 3.36. The van der Waals surface area contributed by atoms with Gasteiger partial charge in [-0.3, -0.25) is 0 Å². The van der Waals surface area contributed by atoms with Gasteiger partial charge in [-0.05, 0) is 31.4 Å². The lowest BCUT2D eigenvalue weighted by Gasteiger charge is -2.16. The Bertz CT molecular complexity index is 569. The van der Waals surface area contributed by atoms with Crippen molar-refractivity contribution in [3.05, 3.63) is 59.7 Å². The third kappa shape index (κ3) is 4.78. The molecule has 2 rings (SSSR count). The van der Waals surface area contributed by atoms with Crippen LogP contribution in [0.5, 0.6) is 11.5 Å². The van der Waals surface area contributed by atoms with Crippen molar-refractivity contribution >= 4 is 0 Å². The Morgan fingerprint density at radius 3 is 2.45 bits per heavy atom. The molecule has 0 aliphatic heterocycles. The molecule has 3 nitrogen and oxygen atoms in total. The standard InChI is InChI=1S/C19H25NO2/c1-15(9-10-16-7-5-4-6-8-16)20-14-17-11-12-18(21-2)13-19(17)22-3/h4-8,11-13,15,20H,9-10,14H2,1-3H3/t15-/m1/s1. The molecule has 118 valence electrons. The first-order valence-electron chi connectivity index (χ1n) is 7.71. The van der Waals surface area contributed by atoms with E-state index in [4.69, 9.17) is 9.47 Å². The molecule has 0 bridgehead atoms. The van der Waals surface area contributed by atoms with Crippen molar-refractivity contribution in [3.63, 3.8) is 0 Å². The summed E-state index contributed by atoms with van der Waals surface area (Å²) in [4.78, 5) is 0. The quantitative estimate of drug-likeness (QED) is 0.804. The van der Waals surface area contributed by atoms with Gasteiger partial charge in [0.1, 0.15) is 11.5 Å². The van der Waals surface area contributed by atoms with Crippen molar-refractivity contribution in [2.24, 2.45) is 0 Å². The third-order valence-corrected chi connectivity index (χ3v) is 3.84. The van der Waals surface area contributed by atoms with Gasteiger partial charge < -0.3 is 14.8 Å². The number of nitrogens with one attached hydrogen (secondary N) is 1. The molecule has 0 saturated heterocycles. The summed E-state index contributed by atoms with van der Waals surface area (Å²) in [6, 6.07) is 17.0. The van der Waals surface area contributed by atoms with E-state index in [0.29, 0.717) is 6.04 Å². The van der Waals surface area contributed by atoms with Crippen LogP contribution in [0.2, 0.25) is 0 Å². The zero-order chi connectivity index (χ0) is 15.8. The van der Waals surface area contributed by atoms with Crippen molar-refractivity contribution in [1.82, 2.24) is 5.32 Å². The molecule has 0 fully saturated rings. The van der Waals surface area contributed by atoms with Crippen LogP contribution in [-0.2, 0) is 13.0 Å². The lowest BCUT2D eigenvalue weighted by atomic mass is 10.1. The molecule has 0 aliphatic rings. The van der Waals surface area contributed by atoms with Crippen LogP contribution < -0.4 is 14.8 Å². The number of benzene rings is 2. The molecule has 0 radical (unpaired) electrons. The first-order chi connectivity index (χ1) is 10.7. The second-order valence-corrected chi connectivity index (χ2v) is 5.48. The lowest BCUT2D eigenvalue weighted by Crippen LogP contribution is -2.26. The minimum Gasteiger partial charge on any atom is -0.497 e. The van der Waals surface area contributed by atoms with Crippen LogP contribution in [0.15, 0.2) is 48.5 Å². The van der Waals surface area contributed by atoms with Crippen LogP contribution in [0.25, 0.3) is 0 Å². The van der Waals surface area contributed by atoms with Gasteiger partial charge in [-0.2, -0.15) is 0 Å². The molecule has 0 heterocycles. The summed E-state index contributed by atoms with van der Waals surface area (Å²) in [5.74, 6) is 1.68. The Labute approximate surface area is 133 Å². The lowest BCUT2D eigenvalue weighted by molar-refractivity contribution is 0.388. The zero-order valence-corrected chi connectivity index (χ0v) is 13.6. The second kappa shape index (κ2) is 8.44. The van der Waals surface area contributed by atoms with E-state index in [-0.39, 0.29) is 0 Å². The number of ether oxygens (including phenoxy) is 2.